The second-order valence-corrected chi connectivity index (χ2v) is 6.65. The molecule has 0 bridgehead atoms. The number of anilines is 1. The summed E-state index contributed by atoms with van der Waals surface area (Å²) in [7, 11) is 0. The van der Waals surface area contributed by atoms with Gasteiger partial charge in [0.2, 0.25) is 0 Å². The van der Waals surface area contributed by atoms with E-state index in [2.05, 4.69) is 29.1 Å². The highest BCUT2D eigenvalue weighted by molar-refractivity contribution is 8.03. The van der Waals surface area contributed by atoms with Crippen LogP contribution in [0.4, 0.5) is 5.69 Å². The minimum atomic E-state index is -0.417. The van der Waals surface area contributed by atoms with E-state index in [0.717, 1.165) is 17.1 Å². The Balaban J connectivity index is 1.68. The van der Waals surface area contributed by atoms with Crippen LogP contribution >= 0.6 is 11.8 Å². The molecule has 4 nitrogen and oxygen atoms in total. The van der Waals surface area contributed by atoms with E-state index in [1.165, 1.54) is 10.6 Å². The molecule has 0 aromatic heterocycles. The molecule has 5 heteroatoms. The Kier molecular flexibility index (Phi) is 4.15. The second kappa shape index (κ2) is 6.61. The molecule has 0 amide bonds. The van der Waals surface area contributed by atoms with Crippen LogP contribution in [0.25, 0.3) is 0 Å². The Morgan fingerprint density at radius 3 is 2.64 bits per heavy atom. The Bertz CT molecular complexity index is 916. The number of para-hydroxylation sites is 1. The number of nitrogens with zero attached hydrogens (tertiary/aromatic N) is 2. The number of allylic oxidation sites excluding steroid dienone is 2. The van der Waals surface area contributed by atoms with Gasteiger partial charge < -0.3 is 9.74 Å². The van der Waals surface area contributed by atoms with Crippen molar-refractivity contribution in [2.24, 2.45) is 5.16 Å². The smallest absolute Gasteiger partial charge is 0.335 e. The SMILES string of the molecule is CCN1/C(=C/C=C2\C(=O)ON=C2c2ccccc2)Sc2ccccc21. The number of hydrogen-bond donors (Lipinski definition) is 0. The average Bonchev–Trinajstić information content (AvgIpc) is 3.20. The minimum absolute atomic E-state index is 0.417. The summed E-state index contributed by atoms with van der Waals surface area (Å²) in [6.45, 7) is 2.98. The van der Waals surface area contributed by atoms with Crippen molar-refractivity contribution in [3.05, 3.63) is 82.9 Å². The molecular formula is C20H16N2O2S. The lowest BCUT2D eigenvalue weighted by Gasteiger charge is -2.17. The molecule has 2 aliphatic rings. The number of benzene rings is 2. The molecule has 0 atom stereocenters. The first-order chi connectivity index (χ1) is 12.3. The largest absolute Gasteiger partial charge is 0.368 e. The molecule has 4 rings (SSSR count). The number of hydrogen-bond acceptors (Lipinski definition) is 5. The van der Waals surface area contributed by atoms with Crippen molar-refractivity contribution >= 4 is 29.1 Å². The van der Waals surface area contributed by atoms with Gasteiger partial charge in [-0.2, -0.15) is 0 Å². The molecule has 0 spiro atoms. The van der Waals surface area contributed by atoms with Crippen LogP contribution in [-0.2, 0) is 9.63 Å². The minimum Gasteiger partial charge on any atom is -0.335 e. The molecular weight excluding hydrogens is 332 g/mol. The molecule has 124 valence electrons. The lowest BCUT2D eigenvalue weighted by atomic mass is 10.0. The van der Waals surface area contributed by atoms with Crippen molar-refractivity contribution in [3.63, 3.8) is 0 Å². The quantitative estimate of drug-likeness (QED) is 0.611. The fourth-order valence-electron chi connectivity index (χ4n) is 2.89. The third-order valence-electron chi connectivity index (χ3n) is 4.09. The van der Waals surface area contributed by atoms with E-state index >= 15 is 0 Å². The monoisotopic (exact) mass is 348 g/mol. The van der Waals surface area contributed by atoms with Crippen LogP contribution < -0.4 is 4.90 Å². The van der Waals surface area contributed by atoms with Gasteiger partial charge in [0.05, 0.1) is 16.3 Å². The van der Waals surface area contributed by atoms with Gasteiger partial charge in [0.1, 0.15) is 5.71 Å². The molecule has 0 aliphatic carbocycles. The molecule has 2 aromatic carbocycles. The summed E-state index contributed by atoms with van der Waals surface area (Å²) in [4.78, 5) is 20.4. The van der Waals surface area contributed by atoms with Crippen LogP contribution in [0.1, 0.15) is 12.5 Å². The van der Waals surface area contributed by atoms with Crippen LogP contribution in [0.15, 0.2) is 87.4 Å². The van der Waals surface area contributed by atoms with Crippen LogP contribution in [0.3, 0.4) is 0 Å². The van der Waals surface area contributed by atoms with E-state index in [-0.39, 0.29) is 0 Å². The second-order valence-electron chi connectivity index (χ2n) is 5.58. The topological polar surface area (TPSA) is 41.9 Å². The maximum absolute atomic E-state index is 12.1. The van der Waals surface area contributed by atoms with Gasteiger partial charge in [-0.3, -0.25) is 0 Å². The third kappa shape index (κ3) is 2.87. The first-order valence-electron chi connectivity index (χ1n) is 8.09. The van der Waals surface area contributed by atoms with Gasteiger partial charge in [-0.1, -0.05) is 59.4 Å². The number of rotatable bonds is 3. The first-order valence-corrected chi connectivity index (χ1v) is 8.91. The van der Waals surface area contributed by atoms with Gasteiger partial charge >= 0.3 is 5.97 Å². The molecule has 0 saturated heterocycles. The van der Waals surface area contributed by atoms with Crippen molar-refractivity contribution in [1.29, 1.82) is 0 Å². The zero-order chi connectivity index (χ0) is 17.2. The lowest BCUT2D eigenvalue weighted by Crippen LogP contribution is -2.16. The van der Waals surface area contributed by atoms with Crippen molar-refractivity contribution in [1.82, 2.24) is 0 Å². The van der Waals surface area contributed by atoms with Gasteiger partial charge in [-0.25, -0.2) is 4.79 Å². The van der Waals surface area contributed by atoms with E-state index < -0.39 is 5.97 Å². The number of oxime groups is 1. The fraction of sp³-hybridized carbons (Fsp3) is 0.100. The zero-order valence-corrected chi connectivity index (χ0v) is 14.5. The highest BCUT2D eigenvalue weighted by atomic mass is 32.2. The molecule has 2 heterocycles. The molecule has 25 heavy (non-hydrogen) atoms. The number of carbonyl (C=O) groups excluding carboxylic acids is 1. The van der Waals surface area contributed by atoms with Crippen LogP contribution in [0, 0.1) is 0 Å². The number of carbonyl (C=O) groups is 1. The molecule has 0 N–H and O–H groups in total. The molecule has 0 fully saturated rings. The van der Waals surface area contributed by atoms with Crippen molar-refractivity contribution < 1.29 is 9.63 Å². The molecule has 0 saturated carbocycles. The molecule has 2 aromatic rings. The van der Waals surface area contributed by atoms with Crippen molar-refractivity contribution in [2.45, 2.75) is 11.8 Å². The lowest BCUT2D eigenvalue weighted by molar-refractivity contribution is -0.136. The Morgan fingerprint density at radius 1 is 1.08 bits per heavy atom. The molecule has 0 radical (unpaired) electrons. The van der Waals surface area contributed by atoms with Crippen LogP contribution in [-0.4, -0.2) is 18.2 Å². The van der Waals surface area contributed by atoms with Crippen LogP contribution in [0.5, 0.6) is 0 Å². The third-order valence-corrected chi connectivity index (χ3v) is 5.22. The van der Waals surface area contributed by atoms with E-state index in [0.29, 0.717) is 11.3 Å². The number of fused-ring (bicyclic) bond motifs is 1. The Labute approximate surface area is 150 Å². The van der Waals surface area contributed by atoms with Crippen molar-refractivity contribution in [2.75, 3.05) is 11.4 Å². The van der Waals surface area contributed by atoms with Gasteiger partial charge in [0, 0.05) is 17.0 Å². The van der Waals surface area contributed by atoms with Gasteiger partial charge in [0.15, 0.2) is 0 Å². The number of thioether (sulfide) groups is 1. The predicted octanol–water partition coefficient (Wildman–Crippen LogP) is 4.35. The van der Waals surface area contributed by atoms with Crippen LogP contribution in [0.2, 0.25) is 0 Å². The summed E-state index contributed by atoms with van der Waals surface area (Å²) in [5.74, 6) is -0.417. The van der Waals surface area contributed by atoms with E-state index in [4.69, 9.17) is 4.84 Å². The summed E-state index contributed by atoms with van der Waals surface area (Å²) >= 11 is 1.70. The fourth-order valence-corrected chi connectivity index (χ4v) is 4.02. The van der Waals surface area contributed by atoms with E-state index in [1.54, 1.807) is 17.8 Å². The van der Waals surface area contributed by atoms with E-state index in [9.17, 15) is 4.79 Å². The Hall–Kier alpha value is -2.79. The molecule has 0 unspecified atom stereocenters. The predicted molar refractivity (Wildman–Crippen MR) is 101 cm³/mol. The van der Waals surface area contributed by atoms with Crippen molar-refractivity contribution in [3.8, 4) is 0 Å². The van der Waals surface area contributed by atoms with Gasteiger partial charge in [0.25, 0.3) is 0 Å². The summed E-state index contributed by atoms with van der Waals surface area (Å²) in [5, 5.41) is 5.03. The normalized spacial score (nSPS) is 19.3. The highest BCUT2D eigenvalue weighted by Gasteiger charge is 2.27. The zero-order valence-electron chi connectivity index (χ0n) is 13.7. The average molecular weight is 348 g/mol. The summed E-state index contributed by atoms with van der Waals surface area (Å²) in [5.41, 5.74) is 3.12. The van der Waals surface area contributed by atoms with E-state index in [1.807, 2.05) is 48.5 Å². The maximum Gasteiger partial charge on any atom is 0.368 e. The highest BCUT2D eigenvalue weighted by Crippen LogP contribution is 2.45. The summed E-state index contributed by atoms with van der Waals surface area (Å²) < 4.78 is 0. The standard InChI is InChI=1S/C20H16N2O2S/c1-2-22-16-10-6-7-11-17(16)25-18(22)13-12-15-19(21-24-20(15)23)14-8-4-3-5-9-14/h3-13H,2H2,1H3/b15-12-,18-13-. The summed E-state index contributed by atoms with van der Waals surface area (Å²) in [6.07, 6.45) is 3.77. The van der Waals surface area contributed by atoms with Gasteiger partial charge in [-0.05, 0) is 31.2 Å². The van der Waals surface area contributed by atoms with Gasteiger partial charge in [-0.15, -0.1) is 0 Å². The Morgan fingerprint density at radius 2 is 1.84 bits per heavy atom. The molecule has 2 aliphatic heterocycles. The summed E-state index contributed by atoms with van der Waals surface area (Å²) in [6, 6.07) is 17.9. The first kappa shape index (κ1) is 15.7. The maximum atomic E-state index is 12.1.